The molecule has 3 rings (SSSR count). The summed E-state index contributed by atoms with van der Waals surface area (Å²) in [6.07, 6.45) is 4.24. The summed E-state index contributed by atoms with van der Waals surface area (Å²) in [5.74, 6) is 0.854. The van der Waals surface area contributed by atoms with E-state index in [2.05, 4.69) is 68.5 Å². The molecule has 0 atom stereocenters. The number of hydrogen-bond acceptors (Lipinski definition) is 2. The SMILES string of the molecule is CCCCNC(=NC)NCc1ccc(Cn2cnc3ccccc32)cc1. The standard InChI is InChI=1S/C21H27N5/c1-3-4-13-23-21(22-2)24-14-17-9-11-18(12-10-17)15-26-16-25-19-7-5-6-8-20(19)26/h5-12,16H,3-4,13-15H2,1-2H3,(H2,22,23,24). The minimum absolute atomic E-state index is 0.764. The number of hydrogen-bond donors (Lipinski definition) is 2. The molecule has 0 saturated carbocycles. The Balaban J connectivity index is 1.56. The van der Waals surface area contributed by atoms with Gasteiger partial charge in [0.05, 0.1) is 17.4 Å². The van der Waals surface area contributed by atoms with E-state index >= 15 is 0 Å². The van der Waals surface area contributed by atoms with E-state index in [1.165, 1.54) is 23.1 Å². The summed E-state index contributed by atoms with van der Waals surface area (Å²) in [6.45, 7) is 4.73. The number of imidazole rings is 1. The zero-order chi connectivity index (χ0) is 18.2. The van der Waals surface area contributed by atoms with Crippen LogP contribution in [-0.4, -0.2) is 29.1 Å². The van der Waals surface area contributed by atoms with E-state index in [1.54, 1.807) is 7.05 Å². The van der Waals surface area contributed by atoms with Gasteiger partial charge in [-0.05, 0) is 29.7 Å². The van der Waals surface area contributed by atoms with E-state index in [0.29, 0.717) is 0 Å². The Morgan fingerprint density at radius 1 is 1.04 bits per heavy atom. The number of unbranched alkanes of at least 4 members (excludes halogenated alkanes) is 1. The zero-order valence-corrected chi connectivity index (χ0v) is 15.6. The molecule has 26 heavy (non-hydrogen) atoms. The third-order valence-corrected chi connectivity index (χ3v) is 4.41. The average Bonchev–Trinajstić information content (AvgIpc) is 3.09. The molecule has 1 heterocycles. The maximum atomic E-state index is 4.45. The molecular weight excluding hydrogens is 322 g/mol. The number of nitrogens with zero attached hydrogens (tertiary/aromatic N) is 3. The molecule has 5 heteroatoms. The van der Waals surface area contributed by atoms with Gasteiger partial charge in [-0.25, -0.2) is 4.98 Å². The van der Waals surface area contributed by atoms with Crippen molar-refractivity contribution in [1.29, 1.82) is 0 Å². The number of aliphatic imine (C=N–C) groups is 1. The average molecular weight is 349 g/mol. The van der Waals surface area contributed by atoms with Crippen LogP contribution in [0.3, 0.4) is 0 Å². The van der Waals surface area contributed by atoms with Gasteiger partial charge in [0.2, 0.25) is 0 Å². The van der Waals surface area contributed by atoms with Gasteiger partial charge in [-0.3, -0.25) is 4.99 Å². The molecule has 5 nitrogen and oxygen atoms in total. The highest BCUT2D eigenvalue weighted by molar-refractivity contribution is 5.79. The molecule has 0 radical (unpaired) electrons. The summed E-state index contributed by atoms with van der Waals surface area (Å²) in [5.41, 5.74) is 4.71. The molecule has 0 bridgehead atoms. The van der Waals surface area contributed by atoms with Crippen molar-refractivity contribution in [2.24, 2.45) is 4.99 Å². The molecule has 0 aliphatic rings. The van der Waals surface area contributed by atoms with Crippen LogP contribution in [0.5, 0.6) is 0 Å². The number of benzene rings is 2. The summed E-state index contributed by atoms with van der Waals surface area (Å²) in [5, 5.41) is 6.68. The fraction of sp³-hybridized carbons (Fsp3) is 0.333. The molecule has 136 valence electrons. The van der Waals surface area contributed by atoms with Gasteiger partial charge in [0.25, 0.3) is 0 Å². The first-order valence-corrected chi connectivity index (χ1v) is 9.22. The monoisotopic (exact) mass is 349 g/mol. The van der Waals surface area contributed by atoms with Gasteiger partial charge >= 0.3 is 0 Å². The van der Waals surface area contributed by atoms with Gasteiger partial charge in [0, 0.05) is 26.7 Å². The molecule has 0 fully saturated rings. The summed E-state index contributed by atoms with van der Waals surface area (Å²) in [4.78, 5) is 8.71. The predicted octanol–water partition coefficient (Wildman–Crippen LogP) is 3.55. The minimum atomic E-state index is 0.764. The summed E-state index contributed by atoms with van der Waals surface area (Å²) < 4.78 is 2.18. The Hall–Kier alpha value is -2.82. The lowest BCUT2D eigenvalue weighted by molar-refractivity contribution is 0.728. The molecule has 2 N–H and O–H groups in total. The second kappa shape index (κ2) is 9.04. The van der Waals surface area contributed by atoms with Crippen LogP contribution in [0.2, 0.25) is 0 Å². The molecule has 0 aliphatic heterocycles. The molecular formula is C21H27N5. The minimum Gasteiger partial charge on any atom is -0.356 e. The Labute approximate surface area is 155 Å². The highest BCUT2D eigenvalue weighted by Crippen LogP contribution is 2.14. The van der Waals surface area contributed by atoms with E-state index in [9.17, 15) is 0 Å². The second-order valence-electron chi connectivity index (χ2n) is 6.38. The van der Waals surface area contributed by atoms with E-state index in [1.807, 2.05) is 18.5 Å². The number of para-hydroxylation sites is 2. The number of guanidine groups is 1. The lowest BCUT2D eigenvalue weighted by Crippen LogP contribution is -2.37. The van der Waals surface area contributed by atoms with Crippen molar-refractivity contribution in [3.8, 4) is 0 Å². The van der Waals surface area contributed by atoms with Crippen molar-refractivity contribution in [2.45, 2.75) is 32.9 Å². The fourth-order valence-electron chi connectivity index (χ4n) is 2.89. The maximum absolute atomic E-state index is 4.45. The number of nitrogens with one attached hydrogen (secondary N) is 2. The van der Waals surface area contributed by atoms with Crippen molar-refractivity contribution in [2.75, 3.05) is 13.6 Å². The largest absolute Gasteiger partial charge is 0.356 e. The van der Waals surface area contributed by atoms with Crippen LogP contribution in [-0.2, 0) is 13.1 Å². The Kier molecular flexibility index (Phi) is 6.25. The van der Waals surface area contributed by atoms with Crippen molar-refractivity contribution in [1.82, 2.24) is 20.2 Å². The first-order valence-electron chi connectivity index (χ1n) is 9.22. The van der Waals surface area contributed by atoms with Crippen LogP contribution in [0.1, 0.15) is 30.9 Å². The predicted molar refractivity (Wildman–Crippen MR) is 108 cm³/mol. The quantitative estimate of drug-likeness (QED) is 0.390. The molecule has 3 aromatic rings. The molecule has 0 unspecified atom stereocenters. The van der Waals surface area contributed by atoms with Crippen LogP contribution in [0.15, 0.2) is 59.9 Å². The summed E-state index contributed by atoms with van der Waals surface area (Å²) in [6, 6.07) is 16.9. The van der Waals surface area contributed by atoms with Crippen molar-refractivity contribution in [3.05, 3.63) is 66.0 Å². The van der Waals surface area contributed by atoms with Gasteiger partial charge in [0.15, 0.2) is 5.96 Å². The fourth-order valence-corrected chi connectivity index (χ4v) is 2.89. The van der Waals surface area contributed by atoms with Crippen LogP contribution in [0.25, 0.3) is 11.0 Å². The topological polar surface area (TPSA) is 54.2 Å². The van der Waals surface area contributed by atoms with E-state index in [0.717, 1.165) is 37.5 Å². The van der Waals surface area contributed by atoms with Gasteiger partial charge in [-0.2, -0.15) is 0 Å². The molecule has 0 aliphatic carbocycles. The first kappa shape index (κ1) is 18.0. The lowest BCUT2D eigenvalue weighted by Gasteiger charge is -2.12. The van der Waals surface area contributed by atoms with Crippen molar-refractivity contribution in [3.63, 3.8) is 0 Å². The van der Waals surface area contributed by atoms with Crippen LogP contribution in [0, 0.1) is 0 Å². The van der Waals surface area contributed by atoms with Crippen molar-refractivity contribution < 1.29 is 0 Å². The second-order valence-corrected chi connectivity index (χ2v) is 6.38. The molecule has 1 aromatic heterocycles. The van der Waals surface area contributed by atoms with Gasteiger partial charge < -0.3 is 15.2 Å². The third kappa shape index (κ3) is 4.63. The molecule has 0 saturated heterocycles. The Bertz CT molecular complexity index is 848. The zero-order valence-electron chi connectivity index (χ0n) is 15.6. The number of fused-ring (bicyclic) bond motifs is 1. The van der Waals surface area contributed by atoms with Crippen LogP contribution >= 0.6 is 0 Å². The van der Waals surface area contributed by atoms with Crippen LogP contribution in [0.4, 0.5) is 0 Å². The van der Waals surface area contributed by atoms with Gasteiger partial charge in [-0.1, -0.05) is 49.7 Å². The molecule has 0 spiro atoms. The normalized spacial score (nSPS) is 11.7. The number of aromatic nitrogens is 2. The van der Waals surface area contributed by atoms with Gasteiger partial charge in [0.1, 0.15) is 0 Å². The smallest absolute Gasteiger partial charge is 0.191 e. The third-order valence-electron chi connectivity index (χ3n) is 4.41. The number of rotatable bonds is 7. The Morgan fingerprint density at radius 2 is 1.81 bits per heavy atom. The van der Waals surface area contributed by atoms with Crippen molar-refractivity contribution >= 4 is 17.0 Å². The molecule has 0 amide bonds. The molecule has 2 aromatic carbocycles. The van der Waals surface area contributed by atoms with E-state index in [4.69, 9.17) is 0 Å². The first-order chi connectivity index (χ1) is 12.8. The van der Waals surface area contributed by atoms with E-state index in [-0.39, 0.29) is 0 Å². The Morgan fingerprint density at radius 3 is 2.58 bits per heavy atom. The highest BCUT2D eigenvalue weighted by atomic mass is 15.2. The lowest BCUT2D eigenvalue weighted by atomic mass is 10.1. The van der Waals surface area contributed by atoms with E-state index < -0.39 is 0 Å². The van der Waals surface area contributed by atoms with Gasteiger partial charge in [-0.15, -0.1) is 0 Å². The maximum Gasteiger partial charge on any atom is 0.191 e. The van der Waals surface area contributed by atoms with Crippen LogP contribution < -0.4 is 10.6 Å². The summed E-state index contributed by atoms with van der Waals surface area (Å²) in [7, 11) is 1.81. The summed E-state index contributed by atoms with van der Waals surface area (Å²) >= 11 is 0. The highest BCUT2D eigenvalue weighted by Gasteiger charge is 2.03.